The van der Waals surface area contributed by atoms with Gasteiger partial charge >= 0.3 is 5.97 Å². The van der Waals surface area contributed by atoms with E-state index in [0.717, 1.165) is 0 Å². The molecule has 0 spiro atoms. The van der Waals surface area contributed by atoms with E-state index >= 15 is 0 Å². The number of amides is 1. The average molecular weight is 442 g/mol. The van der Waals surface area contributed by atoms with Crippen molar-refractivity contribution in [3.05, 3.63) is 51.5 Å². The maximum absolute atomic E-state index is 12.8. The predicted molar refractivity (Wildman–Crippen MR) is 115 cm³/mol. The fraction of sp³-hybridized carbons (Fsp3) is 0.435. The molecule has 2 aliphatic heterocycles. The number of nitrogens with zero attached hydrogens (tertiary/aromatic N) is 2. The van der Waals surface area contributed by atoms with Crippen molar-refractivity contribution in [2.24, 2.45) is 11.8 Å². The molecule has 1 saturated heterocycles. The van der Waals surface area contributed by atoms with Crippen LogP contribution in [0, 0.1) is 11.8 Å². The van der Waals surface area contributed by atoms with E-state index in [1.807, 2.05) is 25.9 Å². The smallest absolute Gasteiger partial charge is 0.352 e. The summed E-state index contributed by atoms with van der Waals surface area (Å²) in [5.74, 6) is -2.11. The van der Waals surface area contributed by atoms with Crippen molar-refractivity contribution in [3.63, 3.8) is 0 Å². The van der Waals surface area contributed by atoms with Crippen molar-refractivity contribution in [1.82, 2.24) is 9.80 Å². The lowest BCUT2D eigenvalue weighted by Gasteiger charge is -2.46. The molecule has 1 aromatic carbocycles. The summed E-state index contributed by atoms with van der Waals surface area (Å²) in [6, 6.07) is 4.47. The second-order valence-corrected chi connectivity index (χ2v) is 8.71. The number of aliphatic hydroxyl groups excluding tert-OH is 1. The van der Waals surface area contributed by atoms with Crippen LogP contribution in [0.15, 0.2) is 44.9 Å². The number of benzene rings is 1. The van der Waals surface area contributed by atoms with Crippen LogP contribution < -0.4 is 10.2 Å². The number of ether oxygens (including phenoxy) is 1. The van der Waals surface area contributed by atoms with Gasteiger partial charge in [0.15, 0.2) is 5.43 Å². The molecular formula is C23H26N2O7. The third-order valence-electron chi connectivity index (χ3n) is 6.21. The fourth-order valence-corrected chi connectivity index (χ4v) is 4.69. The van der Waals surface area contributed by atoms with E-state index in [4.69, 9.17) is 9.15 Å². The van der Waals surface area contributed by atoms with Gasteiger partial charge in [0, 0.05) is 23.6 Å². The monoisotopic (exact) mass is 442 g/mol. The third kappa shape index (κ3) is 3.47. The number of carbonyl (C=O) groups excluding carboxylic acids is 1. The SMILES string of the molecule is C[C@@H](O)[C@H]1C(=O)N2C(C(=O)O)=C(COc3ccc4occ(CN(C)C)c(=O)c4c3)[C@H](C)[C@H]12. The zero-order valence-corrected chi connectivity index (χ0v) is 18.4. The fourth-order valence-electron chi connectivity index (χ4n) is 4.69. The average Bonchev–Trinajstić information content (AvgIpc) is 2.96. The summed E-state index contributed by atoms with van der Waals surface area (Å²) in [5, 5.41) is 20.0. The van der Waals surface area contributed by atoms with Crippen LogP contribution in [0.1, 0.15) is 19.4 Å². The molecule has 1 aromatic heterocycles. The number of carbonyl (C=O) groups is 2. The van der Waals surface area contributed by atoms with Crippen molar-refractivity contribution in [1.29, 1.82) is 0 Å². The molecule has 4 atom stereocenters. The van der Waals surface area contributed by atoms with Gasteiger partial charge in [-0.2, -0.15) is 0 Å². The number of aliphatic carboxylic acids is 1. The molecule has 9 nitrogen and oxygen atoms in total. The Balaban J connectivity index is 1.61. The maximum atomic E-state index is 12.8. The molecule has 0 saturated carbocycles. The number of rotatable bonds is 7. The van der Waals surface area contributed by atoms with Gasteiger partial charge in [-0.25, -0.2) is 4.79 Å². The summed E-state index contributed by atoms with van der Waals surface area (Å²) in [4.78, 5) is 40.3. The first kappa shape index (κ1) is 22.0. The Kier molecular flexibility index (Phi) is 5.56. The molecular weight excluding hydrogens is 416 g/mol. The number of aliphatic hydroxyl groups is 1. The van der Waals surface area contributed by atoms with E-state index in [1.165, 1.54) is 18.1 Å². The van der Waals surface area contributed by atoms with Crippen LogP contribution in [0.4, 0.5) is 0 Å². The highest BCUT2D eigenvalue weighted by molar-refractivity contribution is 6.00. The zero-order chi connectivity index (χ0) is 23.3. The first-order valence-corrected chi connectivity index (χ1v) is 10.4. The largest absolute Gasteiger partial charge is 0.489 e. The van der Waals surface area contributed by atoms with Crippen molar-refractivity contribution < 1.29 is 29.0 Å². The number of fused-ring (bicyclic) bond motifs is 2. The molecule has 4 rings (SSSR count). The van der Waals surface area contributed by atoms with Gasteiger partial charge in [0.1, 0.15) is 23.6 Å². The lowest BCUT2D eigenvalue weighted by Crippen LogP contribution is -2.63. The molecule has 2 aromatic rings. The topological polar surface area (TPSA) is 121 Å². The van der Waals surface area contributed by atoms with Gasteiger partial charge < -0.3 is 29.2 Å². The Morgan fingerprint density at radius 2 is 2.03 bits per heavy atom. The summed E-state index contributed by atoms with van der Waals surface area (Å²) in [7, 11) is 3.71. The van der Waals surface area contributed by atoms with Crippen LogP contribution in [-0.4, -0.2) is 64.7 Å². The molecule has 3 heterocycles. The third-order valence-corrected chi connectivity index (χ3v) is 6.21. The van der Waals surface area contributed by atoms with E-state index in [-0.39, 0.29) is 29.6 Å². The zero-order valence-electron chi connectivity index (χ0n) is 18.4. The lowest BCUT2D eigenvalue weighted by molar-refractivity contribution is -0.163. The molecule has 0 unspecified atom stereocenters. The first-order valence-electron chi connectivity index (χ1n) is 10.4. The van der Waals surface area contributed by atoms with Crippen molar-refractivity contribution in [3.8, 4) is 5.75 Å². The molecule has 170 valence electrons. The highest BCUT2D eigenvalue weighted by Crippen LogP contribution is 2.47. The Labute approximate surface area is 184 Å². The van der Waals surface area contributed by atoms with Gasteiger partial charge in [0.25, 0.3) is 0 Å². The van der Waals surface area contributed by atoms with Gasteiger partial charge in [0.05, 0.1) is 29.7 Å². The Hall–Kier alpha value is -3.17. The Morgan fingerprint density at radius 3 is 2.66 bits per heavy atom. The minimum Gasteiger partial charge on any atom is -0.489 e. The highest BCUT2D eigenvalue weighted by Gasteiger charge is 2.59. The summed E-state index contributed by atoms with van der Waals surface area (Å²) in [5.41, 5.74) is 1.19. The van der Waals surface area contributed by atoms with Crippen LogP contribution >= 0.6 is 0 Å². The van der Waals surface area contributed by atoms with Gasteiger partial charge in [0.2, 0.25) is 5.91 Å². The molecule has 0 radical (unpaired) electrons. The molecule has 2 N–H and O–H groups in total. The van der Waals surface area contributed by atoms with E-state index in [1.54, 1.807) is 18.2 Å². The Bertz CT molecular complexity index is 1180. The van der Waals surface area contributed by atoms with E-state index in [9.17, 15) is 24.6 Å². The van der Waals surface area contributed by atoms with Crippen LogP contribution in [0.3, 0.4) is 0 Å². The van der Waals surface area contributed by atoms with Gasteiger partial charge in [-0.05, 0) is 39.2 Å². The summed E-state index contributed by atoms with van der Waals surface area (Å²) in [6.07, 6.45) is 0.590. The van der Waals surface area contributed by atoms with Gasteiger partial charge in [-0.15, -0.1) is 0 Å². The van der Waals surface area contributed by atoms with Crippen LogP contribution in [0.2, 0.25) is 0 Å². The van der Waals surface area contributed by atoms with Crippen molar-refractivity contribution in [2.45, 2.75) is 32.5 Å². The number of carboxylic acid groups (broad SMARTS) is 1. The van der Waals surface area contributed by atoms with E-state index < -0.39 is 24.0 Å². The summed E-state index contributed by atoms with van der Waals surface area (Å²) >= 11 is 0. The van der Waals surface area contributed by atoms with Gasteiger partial charge in [-0.3, -0.25) is 9.59 Å². The van der Waals surface area contributed by atoms with Crippen LogP contribution in [0.5, 0.6) is 5.75 Å². The number of carboxylic acids is 1. The van der Waals surface area contributed by atoms with Crippen molar-refractivity contribution >= 4 is 22.8 Å². The second kappa shape index (κ2) is 8.07. The highest BCUT2D eigenvalue weighted by atomic mass is 16.5. The Morgan fingerprint density at radius 1 is 1.31 bits per heavy atom. The minimum absolute atomic E-state index is 0.0517. The molecule has 1 amide bonds. The van der Waals surface area contributed by atoms with Crippen LogP contribution in [0.25, 0.3) is 11.0 Å². The minimum atomic E-state index is -1.21. The number of hydrogen-bond acceptors (Lipinski definition) is 7. The number of β-lactam (4-membered cyclic amide) rings is 1. The first-order chi connectivity index (χ1) is 15.1. The van der Waals surface area contributed by atoms with E-state index in [2.05, 4.69) is 0 Å². The molecule has 32 heavy (non-hydrogen) atoms. The molecule has 2 aliphatic rings. The normalized spacial score (nSPS) is 23.5. The molecule has 9 heteroatoms. The molecule has 1 fully saturated rings. The lowest BCUT2D eigenvalue weighted by atomic mass is 9.78. The quantitative estimate of drug-likeness (QED) is 0.618. The van der Waals surface area contributed by atoms with E-state index in [0.29, 0.717) is 34.4 Å². The van der Waals surface area contributed by atoms with Gasteiger partial charge in [-0.1, -0.05) is 6.92 Å². The summed E-state index contributed by atoms with van der Waals surface area (Å²) < 4.78 is 11.4. The molecule has 0 bridgehead atoms. The summed E-state index contributed by atoms with van der Waals surface area (Å²) in [6.45, 7) is 3.75. The maximum Gasteiger partial charge on any atom is 0.352 e. The second-order valence-electron chi connectivity index (χ2n) is 8.71. The standard InChI is InChI=1S/C23H26N2O7/c1-11-16(20(23(29)30)25-19(11)18(12(2)26)22(25)28)10-31-14-5-6-17-15(7-14)21(27)13(9-32-17)8-24(3)4/h5-7,9,11-12,18-19,26H,8,10H2,1-4H3,(H,29,30)/t11-,12+,18+,19+/m0/s1. The molecule has 0 aliphatic carbocycles. The van der Waals surface area contributed by atoms with Crippen molar-refractivity contribution in [2.75, 3.05) is 20.7 Å². The predicted octanol–water partition coefficient (Wildman–Crippen LogP) is 1.43. The van der Waals surface area contributed by atoms with Crippen LogP contribution in [-0.2, 0) is 16.1 Å². The number of hydrogen-bond donors (Lipinski definition) is 2.